The maximum absolute atomic E-state index is 14.0. The van der Waals surface area contributed by atoms with Crippen molar-refractivity contribution < 1.29 is 8.81 Å². The fourth-order valence-corrected chi connectivity index (χ4v) is 3.56. The molecule has 0 radical (unpaired) electrons. The number of furan rings is 1. The highest BCUT2D eigenvalue weighted by Crippen LogP contribution is 2.33. The molecule has 26 heavy (non-hydrogen) atoms. The predicted octanol–water partition coefficient (Wildman–Crippen LogP) is 5.09. The first-order valence-electron chi connectivity index (χ1n) is 8.39. The molecular weight excluding hydrogens is 329 g/mol. The second-order valence-corrected chi connectivity index (χ2v) is 6.34. The molecule has 3 aromatic carbocycles. The number of pyridine rings is 1. The van der Waals surface area contributed by atoms with E-state index in [1.54, 1.807) is 10.6 Å². The molecule has 0 fully saturated rings. The number of hydrogen-bond donors (Lipinski definition) is 0. The molecule has 0 spiro atoms. The quantitative estimate of drug-likeness (QED) is 0.447. The first-order chi connectivity index (χ1) is 12.7. The van der Waals surface area contributed by atoms with Crippen molar-refractivity contribution in [2.75, 3.05) is 0 Å². The van der Waals surface area contributed by atoms with E-state index in [2.05, 4.69) is 0 Å². The number of aromatic nitrogens is 1. The van der Waals surface area contributed by atoms with E-state index in [1.165, 1.54) is 12.1 Å². The second kappa shape index (κ2) is 5.56. The monoisotopic (exact) mass is 343 g/mol. The number of hydrogen-bond acceptors (Lipinski definition) is 2. The molecular formula is C22H14FNO2. The van der Waals surface area contributed by atoms with Crippen LogP contribution in [0.15, 0.2) is 82.0 Å². The number of para-hydroxylation sites is 1. The summed E-state index contributed by atoms with van der Waals surface area (Å²) in [4.78, 5) is 13.2. The molecule has 0 amide bonds. The van der Waals surface area contributed by atoms with E-state index in [0.29, 0.717) is 28.4 Å². The zero-order valence-electron chi connectivity index (χ0n) is 13.8. The topological polar surface area (TPSA) is 35.1 Å². The van der Waals surface area contributed by atoms with Crippen molar-refractivity contribution in [1.82, 2.24) is 4.57 Å². The van der Waals surface area contributed by atoms with E-state index in [0.717, 1.165) is 10.9 Å². The van der Waals surface area contributed by atoms with E-state index in [-0.39, 0.29) is 17.0 Å². The third-order valence-corrected chi connectivity index (χ3v) is 4.74. The molecule has 5 rings (SSSR count). The molecule has 0 aliphatic rings. The zero-order chi connectivity index (χ0) is 17.7. The van der Waals surface area contributed by atoms with Crippen LogP contribution < -0.4 is 5.56 Å². The van der Waals surface area contributed by atoms with E-state index >= 15 is 0 Å². The largest absolute Gasteiger partial charge is 0.450 e. The molecule has 0 aliphatic carbocycles. The van der Waals surface area contributed by atoms with Gasteiger partial charge in [0.2, 0.25) is 5.58 Å². The molecule has 2 heterocycles. The highest BCUT2D eigenvalue weighted by molar-refractivity contribution is 6.17. The number of fused-ring (bicyclic) bond motifs is 5. The van der Waals surface area contributed by atoms with Gasteiger partial charge in [-0.1, -0.05) is 48.5 Å². The van der Waals surface area contributed by atoms with Crippen LogP contribution in [-0.2, 0) is 6.54 Å². The van der Waals surface area contributed by atoms with Crippen molar-refractivity contribution in [3.8, 4) is 0 Å². The Kier molecular flexibility index (Phi) is 3.19. The van der Waals surface area contributed by atoms with Crippen LogP contribution in [0.5, 0.6) is 0 Å². The van der Waals surface area contributed by atoms with E-state index in [9.17, 15) is 9.18 Å². The summed E-state index contributed by atoms with van der Waals surface area (Å²) in [7, 11) is 0. The Hall–Kier alpha value is -3.40. The van der Waals surface area contributed by atoms with Gasteiger partial charge in [0.25, 0.3) is 5.56 Å². The van der Waals surface area contributed by atoms with E-state index in [4.69, 9.17) is 4.42 Å². The normalized spacial score (nSPS) is 11.6. The van der Waals surface area contributed by atoms with Gasteiger partial charge in [0.05, 0.1) is 12.1 Å². The van der Waals surface area contributed by atoms with Gasteiger partial charge in [0.15, 0.2) is 0 Å². The molecule has 0 saturated carbocycles. The molecule has 0 bridgehead atoms. The highest BCUT2D eigenvalue weighted by atomic mass is 19.1. The summed E-state index contributed by atoms with van der Waals surface area (Å²) in [5, 5.41) is 2.17. The maximum Gasteiger partial charge on any atom is 0.295 e. The lowest BCUT2D eigenvalue weighted by atomic mass is 10.1. The van der Waals surface area contributed by atoms with Gasteiger partial charge in [0, 0.05) is 16.2 Å². The minimum Gasteiger partial charge on any atom is -0.450 e. The SMILES string of the molecule is O=c1c2oc3ccccc3c2c2cc(F)ccc2n1Cc1ccccc1. The Balaban J connectivity index is 1.94. The third-order valence-electron chi connectivity index (χ3n) is 4.74. The minimum atomic E-state index is -0.339. The van der Waals surface area contributed by atoms with Gasteiger partial charge in [-0.2, -0.15) is 0 Å². The Labute approximate surface area is 147 Å². The lowest BCUT2D eigenvalue weighted by molar-refractivity contribution is 0.628. The van der Waals surface area contributed by atoms with Crippen molar-refractivity contribution in [1.29, 1.82) is 0 Å². The Morgan fingerprint density at radius 1 is 0.885 bits per heavy atom. The Bertz CT molecular complexity index is 1330. The predicted molar refractivity (Wildman–Crippen MR) is 101 cm³/mol. The van der Waals surface area contributed by atoms with Crippen LogP contribution in [-0.4, -0.2) is 4.57 Å². The van der Waals surface area contributed by atoms with Crippen LogP contribution in [0.4, 0.5) is 4.39 Å². The van der Waals surface area contributed by atoms with Crippen molar-refractivity contribution in [2.24, 2.45) is 0 Å². The molecule has 0 unspecified atom stereocenters. The van der Waals surface area contributed by atoms with Crippen LogP contribution in [0.2, 0.25) is 0 Å². The zero-order valence-corrected chi connectivity index (χ0v) is 13.8. The summed E-state index contributed by atoms with van der Waals surface area (Å²) < 4.78 is 21.5. The molecule has 5 aromatic rings. The number of rotatable bonds is 2. The van der Waals surface area contributed by atoms with Gasteiger partial charge < -0.3 is 8.98 Å². The fraction of sp³-hybridized carbons (Fsp3) is 0.0455. The maximum atomic E-state index is 14.0. The molecule has 3 nitrogen and oxygen atoms in total. The molecule has 126 valence electrons. The average Bonchev–Trinajstić information content (AvgIpc) is 3.06. The Morgan fingerprint density at radius 2 is 1.65 bits per heavy atom. The van der Waals surface area contributed by atoms with Gasteiger partial charge in [-0.25, -0.2) is 4.39 Å². The number of benzene rings is 3. The fourth-order valence-electron chi connectivity index (χ4n) is 3.56. The molecule has 0 saturated heterocycles. The van der Waals surface area contributed by atoms with E-state index in [1.807, 2.05) is 54.6 Å². The molecule has 0 aliphatic heterocycles. The molecule has 4 heteroatoms. The first-order valence-corrected chi connectivity index (χ1v) is 8.39. The van der Waals surface area contributed by atoms with Crippen LogP contribution in [0.3, 0.4) is 0 Å². The van der Waals surface area contributed by atoms with Gasteiger partial charge in [-0.05, 0) is 29.8 Å². The van der Waals surface area contributed by atoms with Gasteiger partial charge >= 0.3 is 0 Å². The molecule has 2 aromatic heterocycles. The third kappa shape index (κ3) is 2.15. The summed E-state index contributed by atoms with van der Waals surface area (Å²) in [6.07, 6.45) is 0. The summed E-state index contributed by atoms with van der Waals surface area (Å²) in [6, 6.07) is 21.7. The smallest absolute Gasteiger partial charge is 0.295 e. The molecule has 0 N–H and O–H groups in total. The summed E-state index contributed by atoms with van der Waals surface area (Å²) in [6.45, 7) is 0.398. The van der Waals surface area contributed by atoms with Crippen molar-refractivity contribution in [2.45, 2.75) is 6.54 Å². The van der Waals surface area contributed by atoms with Crippen molar-refractivity contribution >= 4 is 32.8 Å². The van der Waals surface area contributed by atoms with Gasteiger partial charge in [-0.15, -0.1) is 0 Å². The highest BCUT2D eigenvalue weighted by Gasteiger charge is 2.18. The van der Waals surface area contributed by atoms with Crippen LogP contribution in [0, 0.1) is 5.82 Å². The van der Waals surface area contributed by atoms with Crippen molar-refractivity contribution in [3.63, 3.8) is 0 Å². The summed E-state index contributed by atoms with van der Waals surface area (Å²) in [5.74, 6) is -0.339. The lowest BCUT2D eigenvalue weighted by Gasteiger charge is -2.11. The van der Waals surface area contributed by atoms with Crippen molar-refractivity contribution in [3.05, 3.63) is 94.5 Å². The van der Waals surface area contributed by atoms with Gasteiger partial charge in [0.1, 0.15) is 11.4 Å². The number of halogens is 1. The van der Waals surface area contributed by atoms with Crippen LogP contribution in [0.25, 0.3) is 32.8 Å². The average molecular weight is 343 g/mol. The Morgan fingerprint density at radius 3 is 2.50 bits per heavy atom. The minimum absolute atomic E-state index is 0.209. The van der Waals surface area contributed by atoms with E-state index < -0.39 is 0 Å². The van der Waals surface area contributed by atoms with Gasteiger partial charge in [-0.3, -0.25) is 4.79 Å². The molecule has 0 atom stereocenters. The standard InChI is InChI=1S/C22H14FNO2/c23-15-10-11-18-17(12-15)20-16-8-4-5-9-19(16)26-21(20)22(25)24(18)13-14-6-2-1-3-7-14/h1-12H,13H2. The lowest BCUT2D eigenvalue weighted by Crippen LogP contribution is -2.21. The van der Waals surface area contributed by atoms with Crippen LogP contribution in [0.1, 0.15) is 5.56 Å². The summed E-state index contributed by atoms with van der Waals surface area (Å²) in [5.41, 5.74) is 2.37. The van der Waals surface area contributed by atoms with Crippen LogP contribution >= 0.6 is 0 Å². The second-order valence-electron chi connectivity index (χ2n) is 6.34. The number of nitrogens with zero attached hydrogens (tertiary/aromatic N) is 1. The summed E-state index contributed by atoms with van der Waals surface area (Å²) >= 11 is 0. The first kappa shape index (κ1) is 14.9.